The molecule has 2 nitrogen and oxygen atoms in total. The van der Waals surface area contributed by atoms with Gasteiger partial charge in [0.25, 0.3) is 0 Å². The summed E-state index contributed by atoms with van der Waals surface area (Å²) < 4.78 is 5.89. The number of benzene rings is 1. The molecule has 0 aromatic heterocycles. The smallest absolute Gasteiger partial charge is 0.338 e. The Labute approximate surface area is 99.9 Å². The van der Waals surface area contributed by atoms with Crippen LogP contribution in [0.2, 0.25) is 0 Å². The van der Waals surface area contributed by atoms with Crippen molar-refractivity contribution in [1.29, 1.82) is 0 Å². The fourth-order valence-electron chi connectivity index (χ4n) is 1.02. The second kappa shape index (κ2) is 5.51. The number of hydrogen-bond donors (Lipinski definition) is 0. The molecule has 1 aromatic carbocycles. The predicted octanol–water partition coefficient (Wildman–Crippen LogP) is 3.52. The van der Waals surface area contributed by atoms with Crippen LogP contribution in [-0.4, -0.2) is 12.6 Å². The molecule has 0 saturated heterocycles. The second-order valence-corrected chi connectivity index (χ2v) is 4.08. The van der Waals surface area contributed by atoms with Crippen LogP contribution in [0.3, 0.4) is 0 Å². The summed E-state index contributed by atoms with van der Waals surface area (Å²) in [6.45, 7) is 2.20. The molecule has 4 heteroatoms. The van der Waals surface area contributed by atoms with Gasteiger partial charge in [-0.15, -0.1) is 0 Å². The standard InChI is InChI=1S/C10H10Br2O2/c1-2-14-10(13)7-3-4-9(12)8(5-7)6-11/h3-5H,2,6H2,1H3. The van der Waals surface area contributed by atoms with Crippen molar-refractivity contribution in [3.8, 4) is 0 Å². The Morgan fingerprint density at radius 1 is 1.50 bits per heavy atom. The van der Waals surface area contributed by atoms with Crippen LogP contribution in [0.5, 0.6) is 0 Å². The van der Waals surface area contributed by atoms with Crippen molar-refractivity contribution in [2.45, 2.75) is 12.3 Å². The van der Waals surface area contributed by atoms with Gasteiger partial charge in [0, 0.05) is 9.80 Å². The lowest BCUT2D eigenvalue weighted by molar-refractivity contribution is 0.0526. The van der Waals surface area contributed by atoms with Crippen molar-refractivity contribution >= 4 is 37.8 Å². The lowest BCUT2D eigenvalue weighted by Gasteiger charge is -2.04. The zero-order chi connectivity index (χ0) is 10.6. The number of ether oxygens (including phenoxy) is 1. The van der Waals surface area contributed by atoms with Gasteiger partial charge in [0.1, 0.15) is 0 Å². The number of carbonyl (C=O) groups is 1. The first-order valence-corrected chi connectivity index (χ1v) is 6.12. The minimum Gasteiger partial charge on any atom is -0.462 e. The van der Waals surface area contributed by atoms with Crippen LogP contribution < -0.4 is 0 Å². The van der Waals surface area contributed by atoms with Crippen LogP contribution in [0.25, 0.3) is 0 Å². The maximum absolute atomic E-state index is 11.4. The van der Waals surface area contributed by atoms with Crippen LogP contribution in [0.1, 0.15) is 22.8 Å². The van der Waals surface area contributed by atoms with Crippen LogP contribution in [0, 0.1) is 0 Å². The van der Waals surface area contributed by atoms with Crippen molar-refractivity contribution in [3.05, 3.63) is 33.8 Å². The van der Waals surface area contributed by atoms with Crippen molar-refractivity contribution in [3.63, 3.8) is 0 Å². The van der Waals surface area contributed by atoms with E-state index in [1.54, 1.807) is 13.0 Å². The summed E-state index contributed by atoms with van der Waals surface area (Å²) in [7, 11) is 0. The zero-order valence-electron chi connectivity index (χ0n) is 7.72. The average Bonchev–Trinajstić information content (AvgIpc) is 2.19. The molecule has 1 rings (SSSR count). The first-order valence-electron chi connectivity index (χ1n) is 4.20. The summed E-state index contributed by atoms with van der Waals surface area (Å²) >= 11 is 6.75. The molecular formula is C10H10Br2O2. The van der Waals surface area contributed by atoms with Gasteiger partial charge in [-0.05, 0) is 30.7 Å². The number of alkyl halides is 1. The van der Waals surface area contributed by atoms with E-state index in [0.717, 1.165) is 10.0 Å². The van der Waals surface area contributed by atoms with Gasteiger partial charge in [0.05, 0.1) is 12.2 Å². The number of esters is 1. The SMILES string of the molecule is CCOC(=O)c1ccc(Br)c(CBr)c1. The summed E-state index contributed by atoms with van der Waals surface area (Å²) in [5, 5.41) is 0.709. The van der Waals surface area contributed by atoms with E-state index in [1.165, 1.54) is 0 Å². The predicted molar refractivity (Wildman–Crippen MR) is 62.7 cm³/mol. The molecule has 0 aliphatic heterocycles. The Balaban J connectivity index is 2.94. The topological polar surface area (TPSA) is 26.3 Å². The van der Waals surface area contributed by atoms with E-state index < -0.39 is 0 Å². The van der Waals surface area contributed by atoms with Crippen molar-refractivity contribution < 1.29 is 9.53 Å². The molecule has 0 saturated carbocycles. The summed E-state index contributed by atoms with van der Waals surface area (Å²) in [5.74, 6) is -0.276. The number of halogens is 2. The Morgan fingerprint density at radius 3 is 2.79 bits per heavy atom. The van der Waals surface area contributed by atoms with Gasteiger partial charge in [-0.3, -0.25) is 0 Å². The van der Waals surface area contributed by atoms with Crippen LogP contribution in [0.15, 0.2) is 22.7 Å². The lowest BCUT2D eigenvalue weighted by Crippen LogP contribution is -2.04. The third-order valence-corrected chi connectivity index (χ3v) is 3.08. The van der Waals surface area contributed by atoms with E-state index >= 15 is 0 Å². The van der Waals surface area contributed by atoms with Crippen LogP contribution >= 0.6 is 31.9 Å². The number of rotatable bonds is 3. The van der Waals surface area contributed by atoms with Crippen molar-refractivity contribution in [2.75, 3.05) is 6.61 Å². The monoisotopic (exact) mass is 320 g/mol. The highest BCUT2D eigenvalue weighted by Gasteiger charge is 2.08. The average molecular weight is 322 g/mol. The Morgan fingerprint density at radius 2 is 2.21 bits per heavy atom. The third kappa shape index (κ3) is 2.82. The first-order chi connectivity index (χ1) is 6.69. The first kappa shape index (κ1) is 11.7. The van der Waals surface area contributed by atoms with E-state index in [0.29, 0.717) is 17.5 Å². The van der Waals surface area contributed by atoms with E-state index in [1.807, 2.05) is 12.1 Å². The van der Waals surface area contributed by atoms with Gasteiger partial charge in [-0.1, -0.05) is 31.9 Å². The van der Waals surface area contributed by atoms with Crippen molar-refractivity contribution in [2.24, 2.45) is 0 Å². The number of carbonyl (C=O) groups excluding carboxylic acids is 1. The molecule has 14 heavy (non-hydrogen) atoms. The Kier molecular flexibility index (Phi) is 4.62. The molecule has 0 aliphatic rings. The lowest BCUT2D eigenvalue weighted by atomic mass is 10.1. The molecule has 0 amide bonds. The second-order valence-electron chi connectivity index (χ2n) is 2.66. The van der Waals surface area contributed by atoms with Gasteiger partial charge in [0.15, 0.2) is 0 Å². The van der Waals surface area contributed by atoms with Gasteiger partial charge >= 0.3 is 5.97 Å². The van der Waals surface area contributed by atoms with E-state index in [-0.39, 0.29) is 5.97 Å². The van der Waals surface area contributed by atoms with Crippen molar-refractivity contribution in [1.82, 2.24) is 0 Å². The molecule has 0 radical (unpaired) electrons. The number of hydrogen-bond acceptors (Lipinski definition) is 2. The highest BCUT2D eigenvalue weighted by atomic mass is 79.9. The van der Waals surface area contributed by atoms with Crippen LogP contribution in [-0.2, 0) is 10.1 Å². The molecule has 0 aliphatic carbocycles. The maximum atomic E-state index is 11.4. The highest BCUT2D eigenvalue weighted by Crippen LogP contribution is 2.21. The fraction of sp³-hybridized carbons (Fsp3) is 0.300. The Hall–Kier alpha value is -0.350. The largest absolute Gasteiger partial charge is 0.462 e. The summed E-state index contributed by atoms with van der Waals surface area (Å²) in [4.78, 5) is 11.4. The third-order valence-electron chi connectivity index (χ3n) is 1.70. The molecule has 0 heterocycles. The van der Waals surface area contributed by atoms with E-state index in [4.69, 9.17) is 4.74 Å². The summed E-state index contributed by atoms with van der Waals surface area (Å²) in [6, 6.07) is 5.41. The van der Waals surface area contributed by atoms with Gasteiger partial charge in [0.2, 0.25) is 0 Å². The maximum Gasteiger partial charge on any atom is 0.338 e. The minimum atomic E-state index is -0.276. The van der Waals surface area contributed by atoms with Gasteiger partial charge < -0.3 is 4.74 Å². The van der Waals surface area contributed by atoms with Crippen LogP contribution in [0.4, 0.5) is 0 Å². The summed E-state index contributed by atoms with van der Waals surface area (Å²) in [5.41, 5.74) is 1.63. The molecular weight excluding hydrogens is 312 g/mol. The molecule has 0 atom stereocenters. The molecule has 0 bridgehead atoms. The minimum absolute atomic E-state index is 0.276. The quantitative estimate of drug-likeness (QED) is 0.629. The fourth-order valence-corrected chi connectivity index (χ4v) is 2.25. The zero-order valence-corrected chi connectivity index (χ0v) is 10.9. The molecule has 0 unspecified atom stereocenters. The molecule has 1 aromatic rings. The summed E-state index contributed by atoms with van der Waals surface area (Å²) in [6.07, 6.45) is 0. The molecule has 76 valence electrons. The molecule has 0 N–H and O–H groups in total. The van der Waals surface area contributed by atoms with E-state index in [9.17, 15) is 4.79 Å². The normalized spacial score (nSPS) is 9.93. The van der Waals surface area contributed by atoms with E-state index in [2.05, 4.69) is 31.9 Å². The molecule has 0 fully saturated rings. The van der Waals surface area contributed by atoms with Gasteiger partial charge in [-0.25, -0.2) is 4.79 Å². The molecule has 0 spiro atoms. The Bertz CT molecular complexity index is 337. The highest BCUT2D eigenvalue weighted by molar-refractivity contribution is 9.10. The van der Waals surface area contributed by atoms with Gasteiger partial charge in [-0.2, -0.15) is 0 Å².